The van der Waals surface area contributed by atoms with Crippen molar-refractivity contribution < 1.29 is 29.5 Å². The maximum atomic E-state index is 10.0. The molecule has 3 N–H and O–H groups in total. The van der Waals surface area contributed by atoms with Gasteiger partial charge < -0.3 is 29.5 Å². The lowest BCUT2D eigenvalue weighted by molar-refractivity contribution is 0.0208. The maximum Gasteiger partial charge on any atom is 0.162 e. The Morgan fingerprint density at radius 2 is 2.03 bits per heavy atom. The summed E-state index contributed by atoms with van der Waals surface area (Å²) in [6, 6.07) is 10.9. The number of nitrogens with zero attached hydrogens (tertiary/aromatic N) is 2. The van der Waals surface area contributed by atoms with E-state index in [0.717, 1.165) is 11.1 Å². The summed E-state index contributed by atoms with van der Waals surface area (Å²) in [6.45, 7) is 0.0658. The van der Waals surface area contributed by atoms with Crippen molar-refractivity contribution in [2.75, 3.05) is 13.7 Å². The lowest BCUT2D eigenvalue weighted by atomic mass is 9.86. The molecule has 1 aromatic carbocycles. The van der Waals surface area contributed by atoms with Gasteiger partial charge in [-0.15, -0.1) is 0 Å². The van der Waals surface area contributed by atoms with Gasteiger partial charge in [0, 0.05) is 30.7 Å². The van der Waals surface area contributed by atoms with E-state index >= 15 is 0 Å². The summed E-state index contributed by atoms with van der Waals surface area (Å²) in [5.41, 5.74) is 2.72. The van der Waals surface area contributed by atoms with Crippen molar-refractivity contribution in [2.45, 2.75) is 25.6 Å². The molecule has 0 saturated heterocycles. The fourth-order valence-corrected chi connectivity index (χ4v) is 3.96. The van der Waals surface area contributed by atoms with Crippen LogP contribution in [0.15, 0.2) is 71.5 Å². The molecular weight excluding hydrogens is 424 g/mol. The first kappa shape index (κ1) is 22.2. The molecule has 1 aliphatic carbocycles. The van der Waals surface area contributed by atoms with Gasteiger partial charge in [-0.3, -0.25) is 4.98 Å². The number of ether oxygens (including phenoxy) is 3. The Hall–Kier alpha value is -3.96. The van der Waals surface area contributed by atoms with E-state index in [0.29, 0.717) is 34.9 Å². The minimum Gasteiger partial charge on any atom is -0.512 e. The second-order valence-corrected chi connectivity index (χ2v) is 7.88. The van der Waals surface area contributed by atoms with Crippen LogP contribution in [0.4, 0.5) is 0 Å². The molecule has 8 heteroatoms. The predicted molar refractivity (Wildman–Crippen MR) is 118 cm³/mol. The van der Waals surface area contributed by atoms with Gasteiger partial charge >= 0.3 is 0 Å². The van der Waals surface area contributed by atoms with Crippen LogP contribution in [0.25, 0.3) is 0 Å². The number of allylic oxidation sites excluding steroid dienone is 3. The summed E-state index contributed by atoms with van der Waals surface area (Å²) in [5, 5.41) is 38.9. The fourth-order valence-electron chi connectivity index (χ4n) is 3.96. The first-order valence-corrected chi connectivity index (χ1v) is 10.5. The quantitative estimate of drug-likeness (QED) is 0.602. The van der Waals surface area contributed by atoms with Crippen molar-refractivity contribution in [3.63, 3.8) is 0 Å². The highest BCUT2D eigenvalue weighted by Gasteiger charge is 2.33. The topological polar surface area (TPSA) is 125 Å². The SMILES string of the molecule is COc1ccc(C2OC3=C(CC(O)=CC(O)=C3)CC2CO)cc1OCc1ccc(C#N)cn1. The van der Waals surface area contributed by atoms with Crippen molar-refractivity contribution in [3.8, 4) is 17.6 Å². The van der Waals surface area contributed by atoms with E-state index in [1.54, 1.807) is 31.4 Å². The fraction of sp³-hybridized carbons (Fsp3) is 0.280. The first-order valence-electron chi connectivity index (χ1n) is 10.5. The van der Waals surface area contributed by atoms with Crippen molar-refractivity contribution in [1.29, 1.82) is 5.26 Å². The highest BCUT2D eigenvalue weighted by Crippen LogP contribution is 2.43. The third-order valence-electron chi connectivity index (χ3n) is 5.61. The predicted octanol–water partition coefficient (Wildman–Crippen LogP) is 4.15. The van der Waals surface area contributed by atoms with Crippen LogP contribution in [0.1, 0.15) is 35.8 Å². The average Bonchev–Trinajstić information content (AvgIpc) is 2.97. The second kappa shape index (κ2) is 9.67. The van der Waals surface area contributed by atoms with Gasteiger partial charge in [0.2, 0.25) is 0 Å². The van der Waals surface area contributed by atoms with E-state index in [1.807, 2.05) is 12.1 Å². The van der Waals surface area contributed by atoms with E-state index in [1.165, 1.54) is 18.3 Å². The van der Waals surface area contributed by atoms with Crippen LogP contribution >= 0.6 is 0 Å². The van der Waals surface area contributed by atoms with Crippen LogP contribution in [0.5, 0.6) is 11.5 Å². The maximum absolute atomic E-state index is 10.0. The third-order valence-corrected chi connectivity index (χ3v) is 5.61. The lowest BCUT2D eigenvalue weighted by Gasteiger charge is -2.34. The average molecular weight is 448 g/mol. The summed E-state index contributed by atoms with van der Waals surface area (Å²) < 4.78 is 17.6. The zero-order chi connectivity index (χ0) is 23.4. The van der Waals surface area contributed by atoms with Gasteiger partial charge in [-0.05, 0) is 41.8 Å². The van der Waals surface area contributed by atoms with Gasteiger partial charge in [-0.1, -0.05) is 6.07 Å². The highest BCUT2D eigenvalue weighted by molar-refractivity contribution is 5.45. The molecule has 8 nitrogen and oxygen atoms in total. The van der Waals surface area contributed by atoms with Crippen LogP contribution in [-0.2, 0) is 11.3 Å². The smallest absolute Gasteiger partial charge is 0.162 e. The number of nitriles is 1. The van der Waals surface area contributed by atoms with Crippen LogP contribution in [0.2, 0.25) is 0 Å². The Morgan fingerprint density at radius 1 is 1.18 bits per heavy atom. The molecule has 2 aliphatic rings. The second-order valence-electron chi connectivity index (χ2n) is 7.88. The zero-order valence-corrected chi connectivity index (χ0v) is 18.1. The third kappa shape index (κ3) is 4.94. The minimum absolute atomic E-state index is 0.0454. The molecule has 0 saturated carbocycles. The van der Waals surface area contributed by atoms with Crippen LogP contribution in [-0.4, -0.2) is 34.0 Å². The molecule has 2 atom stereocenters. The van der Waals surface area contributed by atoms with E-state index in [4.69, 9.17) is 19.5 Å². The molecule has 0 spiro atoms. The first-order chi connectivity index (χ1) is 16.0. The Bertz CT molecular complexity index is 1160. The number of aliphatic hydroxyl groups is 3. The van der Waals surface area contributed by atoms with Crippen molar-refractivity contribution in [3.05, 3.63) is 88.4 Å². The van der Waals surface area contributed by atoms with Gasteiger partial charge in [0.25, 0.3) is 0 Å². The van der Waals surface area contributed by atoms with Gasteiger partial charge in [0.15, 0.2) is 11.5 Å². The van der Waals surface area contributed by atoms with Crippen molar-refractivity contribution in [2.24, 2.45) is 5.92 Å². The zero-order valence-electron chi connectivity index (χ0n) is 18.1. The van der Waals surface area contributed by atoms with Gasteiger partial charge in [0.1, 0.15) is 36.1 Å². The summed E-state index contributed by atoms with van der Waals surface area (Å²) in [5.74, 6) is 1.22. The van der Waals surface area contributed by atoms with Crippen LogP contribution < -0.4 is 9.47 Å². The number of aliphatic hydroxyl groups excluding tert-OH is 3. The number of rotatable bonds is 6. The largest absolute Gasteiger partial charge is 0.512 e. The molecule has 1 aliphatic heterocycles. The molecule has 1 aromatic heterocycles. The van der Waals surface area contributed by atoms with E-state index in [2.05, 4.69) is 4.98 Å². The normalized spacial score (nSPS) is 19.9. The molecule has 4 rings (SSSR count). The van der Waals surface area contributed by atoms with E-state index in [-0.39, 0.29) is 37.1 Å². The Morgan fingerprint density at radius 3 is 2.73 bits per heavy atom. The number of pyridine rings is 1. The molecule has 2 aromatic rings. The Labute approximate surface area is 191 Å². The Kier molecular flexibility index (Phi) is 6.52. The molecule has 0 amide bonds. The van der Waals surface area contributed by atoms with Gasteiger partial charge in [0.05, 0.1) is 25.0 Å². The van der Waals surface area contributed by atoms with Gasteiger partial charge in [-0.25, -0.2) is 0 Å². The molecule has 170 valence electrons. The number of hydrogen-bond donors (Lipinski definition) is 3. The van der Waals surface area contributed by atoms with Crippen molar-refractivity contribution >= 4 is 0 Å². The van der Waals surface area contributed by atoms with Crippen LogP contribution in [0.3, 0.4) is 0 Å². The summed E-state index contributed by atoms with van der Waals surface area (Å²) in [6.07, 6.45) is 4.54. The Balaban J connectivity index is 1.59. The molecular formula is C25H24N2O6. The van der Waals surface area contributed by atoms with Crippen LogP contribution in [0, 0.1) is 17.2 Å². The standard InChI is InChI=1S/C25H24N2O6/c1-31-22-5-3-16(8-24(22)32-14-19-4-2-15(11-26)12-27-19)25-18(13-28)6-17-7-20(29)9-21(30)10-23(17)33-25/h2-5,8-10,12,18,25,28-30H,6-7,13-14H2,1H3. The number of hydrogen-bond acceptors (Lipinski definition) is 8. The summed E-state index contributed by atoms with van der Waals surface area (Å²) in [4.78, 5) is 4.22. The molecule has 2 unspecified atom stereocenters. The minimum atomic E-state index is -0.487. The molecule has 0 bridgehead atoms. The molecule has 33 heavy (non-hydrogen) atoms. The monoisotopic (exact) mass is 448 g/mol. The number of benzene rings is 1. The van der Waals surface area contributed by atoms with E-state index < -0.39 is 6.10 Å². The highest BCUT2D eigenvalue weighted by atomic mass is 16.5. The number of methoxy groups -OCH3 is 1. The van der Waals surface area contributed by atoms with E-state index in [9.17, 15) is 15.3 Å². The van der Waals surface area contributed by atoms with Gasteiger partial charge in [-0.2, -0.15) is 5.26 Å². The van der Waals surface area contributed by atoms with Crippen molar-refractivity contribution in [1.82, 2.24) is 4.98 Å². The lowest BCUT2D eigenvalue weighted by Crippen LogP contribution is -2.25. The summed E-state index contributed by atoms with van der Waals surface area (Å²) in [7, 11) is 1.55. The molecule has 0 radical (unpaired) electrons. The summed E-state index contributed by atoms with van der Waals surface area (Å²) >= 11 is 0. The molecule has 0 fully saturated rings. The molecule has 2 heterocycles. The number of aromatic nitrogens is 1.